The molecule has 3 heterocycles. The van der Waals surface area contributed by atoms with Crippen molar-refractivity contribution < 1.29 is 26.3 Å². The summed E-state index contributed by atoms with van der Waals surface area (Å²) in [6.07, 6.45) is -1.71. The molecular formula is C15H20F3N3O3S. The zero-order chi connectivity index (χ0) is 18.5. The summed E-state index contributed by atoms with van der Waals surface area (Å²) < 4.78 is 66.1. The number of rotatable bonds is 4. The summed E-state index contributed by atoms with van der Waals surface area (Å²) in [4.78, 5) is 8.71. The Kier molecular flexibility index (Phi) is 4.26. The Morgan fingerprint density at radius 1 is 1.24 bits per heavy atom. The summed E-state index contributed by atoms with van der Waals surface area (Å²) in [7, 11) is -2.87. The first-order valence-electron chi connectivity index (χ1n) is 7.89. The number of alkyl halides is 3. The normalized spacial score (nSPS) is 22.8. The fraction of sp³-hybridized carbons (Fsp3) is 0.733. The molecule has 140 valence electrons. The quantitative estimate of drug-likeness (QED) is 0.794. The van der Waals surface area contributed by atoms with Gasteiger partial charge in [0.05, 0.1) is 23.9 Å². The highest BCUT2D eigenvalue weighted by Crippen LogP contribution is 2.41. The third kappa shape index (κ3) is 4.22. The molecule has 6 nitrogen and oxygen atoms in total. The van der Waals surface area contributed by atoms with Crippen molar-refractivity contribution in [1.82, 2.24) is 14.9 Å². The van der Waals surface area contributed by atoms with Crippen molar-refractivity contribution in [3.63, 3.8) is 0 Å². The van der Waals surface area contributed by atoms with Gasteiger partial charge in [0.25, 0.3) is 0 Å². The highest BCUT2D eigenvalue weighted by molar-refractivity contribution is 7.92. The molecule has 0 radical (unpaired) electrons. The number of sulfone groups is 1. The van der Waals surface area contributed by atoms with E-state index < -0.39 is 27.4 Å². The highest BCUT2D eigenvalue weighted by atomic mass is 32.2. The average molecular weight is 379 g/mol. The van der Waals surface area contributed by atoms with Gasteiger partial charge in [-0.25, -0.2) is 18.4 Å². The third-order valence-corrected chi connectivity index (χ3v) is 6.55. The van der Waals surface area contributed by atoms with E-state index in [0.29, 0.717) is 13.1 Å². The predicted molar refractivity (Wildman–Crippen MR) is 83.9 cm³/mol. The zero-order valence-electron chi connectivity index (χ0n) is 14.0. The van der Waals surface area contributed by atoms with Gasteiger partial charge in [0.15, 0.2) is 15.6 Å². The lowest BCUT2D eigenvalue weighted by Crippen LogP contribution is -2.51. The van der Waals surface area contributed by atoms with Crippen molar-refractivity contribution in [3.05, 3.63) is 18.2 Å². The number of aromatic nitrogens is 2. The predicted octanol–water partition coefficient (Wildman–Crippen LogP) is 1.77. The van der Waals surface area contributed by atoms with E-state index in [4.69, 9.17) is 4.74 Å². The van der Waals surface area contributed by atoms with Gasteiger partial charge in [-0.3, -0.25) is 4.90 Å². The Bertz CT molecular complexity index is 736. The van der Waals surface area contributed by atoms with Crippen molar-refractivity contribution in [2.45, 2.75) is 32.0 Å². The van der Waals surface area contributed by atoms with Gasteiger partial charge in [-0.15, -0.1) is 0 Å². The van der Waals surface area contributed by atoms with Gasteiger partial charge in [-0.1, -0.05) is 0 Å². The van der Waals surface area contributed by atoms with E-state index in [1.54, 1.807) is 0 Å². The van der Waals surface area contributed by atoms with Gasteiger partial charge in [-0.2, -0.15) is 13.2 Å². The molecule has 1 aromatic rings. The van der Waals surface area contributed by atoms with Crippen LogP contribution in [0, 0.1) is 5.41 Å². The lowest BCUT2D eigenvalue weighted by atomic mass is 9.91. The Morgan fingerprint density at radius 3 is 2.36 bits per heavy atom. The van der Waals surface area contributed by atoms with Crippen LogP contribution in [0.2, 0.25) is 0 Å². The minimum absolute atomic E-state index is 0.133. The van der Waals surface area contributed by atoms with E-state index in [1.165, 1.54) is 0 Å². The lowest BCUT2D eigenvalue weighted by Gasteiger charge is -2.38. The molecule has 0 saturated carbocycles. The van der Waals surface area contributed by atoms with Crippen LogP contribution in [0.5, 0.6) is 5.75 Å². The molecule has 0 amide bonds. The van der Waals surface area contributed by atoms with Crippen LogP contribution in [0.25, 0.3) is 0 Å². The molecule has 10 heteroatoms. The first kappa shape index (κ1) is 18.4. The number of hydrogen-bond donors (Lipinski definition) is 0. The van der Waals surface area contributed by atoms with Crippen LogP contribution in [-0.4, -0.2) is 60.0 Å². The number of halogens is 3. The Balaban J connectivity index is 1.57. The smallest absolute Gasteiger partial charge is 0.451 e. The summed E-state index contributed by atoms with van der Waals surface area (Å²) in [5.41, 5.74) is -0.802. The molecule has 25 heavy (non-hydrogen) atoms. The van der Waals surface area contributed by atoms with Gasteiger partial charge in [0.2, 0.25) is 5.82 Å². The van der Waals surface area contributed by atoms with E-state index in [9.17, 15) is 21.6 Å². The molecule has 0 N–H and O–H groups in total. The molecular weight excluding hydrogens is 359 g/mol. The van der Waals surface area contributed by atoms with Gasteiger partial charge in [0, 0.05) is 18.5 Å². The first-order chi connectivity index (χ1) is 11.4. The van der Waals surface area contributed by atoms with Crippen LogP contribution in [-0.2, 0) is 16.0 Å². The fourth-order valence-electron chi connectivity index (χ4n) is 3.69. The second-order valence-electron chi connectivity index (χ2n) is 7.59. The summed E-state index contributed by atoms with van der Waals surface area (Å²) in [5.74, 6) is -0.557. The van der Waals surface area contributed by atoms with Crippen molar-refractivity contribution in [2.24, 2.45) is 5.41 Å². The Hall–Kier alpha value is -1.42. The van der Waals surface area contributed by atoms with Crippen molar-refractivity contribution in [3.8, 4) is 5.75 Å². The average Bonchev–Trinajstić information content (AvgIpc) is 2.78. The van der Waals surface area contributed by atoms with Crippen LogP contribution in [0.15, 0.2) is 12.4 Å². The monoisotopic (exact) mass is 379 g/mol. The topological polar surface area (TPSA) is 72.4 Å². The van der Waals surface area contributed by atoms with Crippen molar-refractivity contribution in [1.29, 1.82) is 0 Å². The molecule has 3 rings (SSSR count). The lowest BCUT2D eigenvalue weighted by molar-refractivity contribution is -0.145. The number of ether oxygens (including phenoxy) is 1. The van der Waals surface area contributed by atoms with Crippen molar-refractivity contribution >= 4 is 9.84 Å². The fourth-order valence-corrected chi connectivity index (χ4v) is 5.95. The molecule has 2 aliphatic rings. The zero-order valence-corrected chi connectivity index (χ0v) is 14.8. The highest BCUT2D eigenvalue weighted by Gasteiger charge is 2.52. The standard InChI is InChI=1S/C15H20F3N3O3S/c1-13(2,24-11-5-19-12(20-6-11)15(16,17)18)7-21-4-3-14(8-21)9-25(22,23)10-14/h5-6H,3-4,7-10H2,1-2H3. The van der Waals surface area contributed by atoms with Gasteiger partial charge < -0.3 is 4.74 Å². The third-order valence-electron chi connectivity index (χ3n) is 4.45. The van der Waals surface area contributed by atoms with Crippen LogP contribution in [0.4, 0.5) is 13.2 Å². The van der Waals surface area contributed by atoms with E-state index in [1.807, 2.05) is 13.8 Å². The molecule has 0 aromatic carbocycles. The molecule has 2 aliphatic heterocycles. The molecule has 0 unspecified atom stereocenters. The molecule has 1 aromatic heterocycles. The number of likely N-dealkylation sites (tertiary alicyclic amines) is 1. The first-order valence-corrected chi connectivity index (χ1v) is 9.71. The van der Waals surface area contributed by atoms with E-state index in [-0.39, 0.29) is 22.7 Å². The maximum absolute atomic E-state index is 12.5. The Labute approximate surface area is 144 Å². The van der Waals surface area contributed by atoms with Gasteiger partial charge >= 0.3 is 6.18 Å². The molecule has 1 spiro atoms. The largest absolute Gasteiger partial charge is 0.483 e. The second-order valence-corrected chi connectivity index (χ2v) is 9.66. The number of nitrogens with zero attached hydrogens (tertiary/aromatic N) is 3. The SMILES string of the molecule is CC(C)(CN1CCC2(C1)CS(=O)(=O)C2)Oc1cnc(C(F)(F)F)nc1. The van der Waals surface area contributed by atoms with Crippen LogP contribution < -0.4 is 4.74 Å². The van der Waals surface area contributed by atoms with Crippen LogP contribution in [0.3, 0.4) is 0 Å². The maximum atomic E-state index is 12.5. The van der Waals surface area contributed by atoms with Crippen molar-refractivity contribution in [2.75, 3.05) is 31.1 Å². The summed E-state index contributed by atoms with van der Waals surface area (Å²) in [6, 6.07) is 0. The van der Waals surface area contributed by atoms with Crippen LogP contribution in [0.1, 0.15) is 26.1 Å². The molecule has 2 fully saturated rings. The Morgan fingerprint density at radius 2 is 1.84 bits per heavy atom. The summed E-state index contributed by atoms with van der Waals surface area (Å²) in [5, 5.41) is 0. The summed E-state index contributed by atoms with van der Waals surface area (Å²) >= 11 is 0. The van der Waals surface area contributed by atoms with E-state index >= 15 is 0 Å². The second kappa shape index (κ2) is 5.80. The van der Waals surface area contributed by atoms with Gasteiger partial charge in [0.1, 0.15) is 5.60 Å². The van der Waals surface area contributed by atoms with Crippen LogP contribution >= 0.6 is 0 Å². The number of hydrogen-bond acceptors (Lipinski definition) is 6. The molecule has 2 saturated heterocycles. The molecule has 0 atom stereocenters. The van der Waals surface area contributed by atoms with E-state index in [2.05, 4.69) is 14.9 Å². The van der Waals surface area contributed by atoms with E-state index in [0.717, 1.165) is 25.4 Å². The maximum Gasteiger partial charge on any atom is 0.451 e. The van der Waals surface area contributed by atoms with Gasteiger partial charge in [-0.05, 0) is 26.8 Å². The molecule has 0 bridgehead atoms. The minimum Gasteiger partial charge on any atom is -0.483 e. The summed E-state index contributed by atoms with van der Waals surface area (Å²) in [6.45, 7) is 5.67. The molecule has 0 aliphatic carbocycles. The minimum atomic E-state index is -4.58.